The second-order valence-corrected chi connectivity index (χ2v) is 6.10. The van der Waals surface area contributed by atoms with Crippen molar-refractivity contribution in [1.29, 1.82) is 0 Å². The van der Waals surface area contributed by atoms with Gasteiger partial charge in [-0.05, 0) is 12.1 Å². The lowest BCUT2D eigenvalue weighted by molar-refractivity contribution is 0.480. The van der Waals surface area contributed by atoms with Crippen molar-refractivity contribution in [2.45, 2.75) is 0 Å². The van der Waals surface area contributed by atoms with Crippen molar-refractivity contribution in [2.75, 3.05) is 11.5 Å². The Hall–Kier alpha value is -1.62. The summed E-state index contributed by atoms with van der Waals surface area (Å²) >= 11 is 0. The molecule has 0 heterocycles. The van der Waals surface area contributed by atoms with Crippen LogP contribution in [0.3, 0.4) is 0 Å². The van der Waals surface area contributed by atoms with Crippen molar-refractivity contribution in [1.82, 2.24) is 0 Å². The second kappa shape index (κ2) is 5.82. The SMILES string of the molecule is C=C(S(=O)(=O)O)S(=O)(=O)O.Nc1ccccc1N. The molecule has 0 fully saturated rings. The quantitative estimate of drug-likeness (QED) is 0.440. The number of nitrogen functional groups attached to an aromatic ring is 2. The molecular formula is C8H12N2O6S2. The van der Waals surface area contributed by atoms with Crippen LogP contribution >= 0.6 is 0 Å². The van der Waals surface area contributed by atoms with Gasteiger partial charge in [0.1, 0.15) is 0 Å². The highest BCUT2D eigenvalue weighted by Gasteiger charge is 2.23. The van der Waals surface area contributed by atoms with Crippen molar-refractivity contribution >= 4 is 31.6 Å². The van der Waals surface area contributed by atoms with Gasteiger partial charge in [0, 0.05) is 0 Å². The topological polar surface area (TPSA) is 161 Å². The van der Waals surface area contributed by atoms with E-state index in [4.69, 9.17) is 20.6 Å². The molecule has 0 saturated carbocycles. The molecule has 0 aliphatic rings. The number of nitrogens with two attached hydrogens (primary N) is 2. The van der Waals surface area contributed by atoms with E-state index >= 15 is 0 Å². The van der Waals surface area contributed by atoms with E-state index in [-0.39, 0.29) is 0 Å². The molecule has 102 valence electrons. The van der Waals surface area contributed by atoms with E-state index in [2.05, 4.69) is 6.58 Å². The minimum absolute atomic E-state index is 0.646. The van der Waals surface area contributed by atoms with E-state index in [1.165, 1.54) is 0 Å². The molecule has 0 saturated heterocycles. The maximum atomic E-state index is 9.89. The van der Waals surface area contributed by atoms with E-state index in [0.29, 0.717) is 11.4 Å². The number of rotatable bonds is 2. The number of hydrogen-bond acceptors (Lipinski definition) is 6. The maximum Gasteiger partial charge on any atom is 0.307 e. The molecule has 0 atom stereocenters. The molecule has 0 aliphatic heterocycles. The Morgan fingerprint density at radius 2 is 1.22 bits per heavy atom. The van der Waals surface area contributed by atoms with Crippen LogP contribution in [0.4, 0.5) is 11.4 Å². The van der Waals surface area contributed by atoms with Crippen molar-refractivity contribution in [3.63, 3.8) is 0 Å². The summed E-state index contributed by atoms with van der Waals surface area (Å²) in [6.45, 7) is 2.42. The Labute approximate surface area is 104 Å². The molecule has 6 N–H and O–H groups in total. The first kappa shape index (κ1) is 16.4. The van der Waals surface area contributed by atoms with Gasteiger partial charge < -0.3 is 11.5 Å². The third-order valence-electron chi connectivity index (χ3n) is 1.57. The van der Waals surface area contributed by atoms with Gasteiger partial charge in [-0.2, -0.15) is 16.8 Å². The van der Waals surface area contributed by atoms with Crippen LogP contribution in [0.5, 0.6) is 0 Å². The summed E-state index contributed by atoms with van der Waals surface area (Å²) in [6.07, 6.45) is 0. The van der Waals surface area contributed by atoms with Gasteiger partial charge in [0.05, 0.1) is 11.4 Å². The minimum Gasteiger partial charge on any atom is -0.397 e. The van der Waals surface area contributed by atoms with Gasteiger partial charge in [0.2, 0.25) is 4.24 Å². The van der Waals surface area contributed by atoms with Crippen LogP contribution in [-0.4, -0.2) is 25.9 Å². The Kier molecular flexibility index (Phi) is 5.29. The number of benzene rings is 1. The predicted octanol–water partition coefficient (Wildman–Crippen LogP) is 0.0842. The molecule has 0 bridgehead atoms. The van der Waals surface area contributed by atoms with Gasteiger partial charge in [-0.15, -0.1) is 0 Å². The van der Waals surface area contributed by atoms with Gasteiger partial charge in [-0.25, -0.2) is 0 Å². The number of anilines is 2. The van der Waals surface area contributed by atoms with Gasteiger partial charge in [0.25, 0.3) is 0 Å². The molecule has 1 aromatic rings. The lowest BCUT2D eigenvalue weighted by Crippen LogP contribution is -2.10. The smallest absolute Gasteiger partial charge is 0.307 e. The summed E-state index contributed by atoms with van der Waals surface area (Å²) in [6, 6.07) is 7.25. The maximum absolute atomic E-state index is 9.89. The van der Waals surface area contributed by atoms with E-state index < -0.39 is 24.5 Å². The second-order valence-electron chi connectivity index (χ2n) is 2.95. The molecule has 0 radical (unpaired) electrons. The summed E-state index contributed by atoms with van der Waals surface area (Å²) in [7, 11) is -9.79. The number of para-hydroxylation sites is 2. The van der Waals surface area contributed by atoms with Crippen molar-refractivity contribution < 1.29 is 25.9 Å². The van der Waals surface area contributed by atoms with E-state index in [0.717, 1.165) is 0 Å². The third kappa shape index (κ3) is 5.63. The van der Waals surface area contributed by atoms with Crippen molar-refractivity contribution in [3.05, 3.63) is 35.1 Å². The van der Waals surface area contributed by atoms with E-state index in [1.54, 1.807) is 12.1 Å². The first-order chi connectivity index (χ1) is 7.96. The number of hydrogen-bond donors (Lipinski definition) is 4. The summed E-state index contributed by atoms with van der Waals surface area (Å²) in [4.78, 5) is 0. The average molecular weight is 296 g/mol. The first-order valence-corrected chi connectivity index (χ1v) is 7.08. The third-order valence-corrected chi connectivity index (χ3v) is 3.99. The van der Waals surface area contributed by atoms with E-state index in [1.807, 2.05) is 12.1 Å². The predicted molar refractivity (Wildman–Crippen MR) is 67.5 cm³/mol. The van der Waals surface area contributed by atoms with Crippen LogP contribution in [0.15, 0.2) is 35.1 Å². The van der Waals surface area contributed by atoms with Crippen LogP contribution < -0.4 is 11.5 Å². The molecule has 10 heteroatoms. The van der Waals surface area contributed by atoms with Gasteiger partial charge in [-0.1, -0.05) is 18.7 Å². The molecule has 18 heavy (non-hydrogen) atoms. The molecule has 0 spiro atoms. The largest absolute Gasteiger partial charge is 0.397 e. The lowest BCUT2D eigenvalue weighted by Gasteiger charge is -1.94. The zero-order valence-corrected chi connectivity index (χ0v) is 10.6. The summed E-state index contributed by atoms with van der Waals surface area (Å²) in [5.74, 6) is 0. The Morgan fingerprint density at radius 3 is 1.33 bits per heavy atom. The Bertz CT molecular complexity index is 580. The highest BCUT2D eigenvalue weighted by molar-refractivity contribution is 8.09. The van der Waals surface area contributed by atoms with Gasteiger partial charge >= 0.3 is 20.2 Å². The van der Waals surface area contributed by atoms with E-state index in [9.17, 15) is 16.8 Å². The average Bonchev–Trinajstić information content (AvgIpc) is 2.20. The lowest BCUT2D eigenvalue weighted by atomic mass is 10.3. The highest BCUT2D eigenvalue weighted by atomic mass is 32.3. The molecule has 0 aromatic heterocycles. The molecular weight excluding hydrogens is 284 g/mol. The fraction of sp³-hybridized carbons (Fsp3) is 0. The van der Waals surface area contributed by atoms with Crippen molar-refractivity contribution in [2.24, 2.45) is 0 Å². The molecule has 1 aromatic carbocycles. The molecule has 1 rings (SSSR count). The van der Waals surface area contributed by atoms with Gasteiger partial charge in [-0.3, -0.25) is 9.11 Å². The highest BCUT2D eigenvalue weighted by Crippen LogP contribution is 2.10. The first-order valence-electron chi connectivity index (χ1n) is 4.20. The van der Waals surface area contributed by atoms with Crippen LogP contribution in [0.1, 0.15) is 0 Å². The molecule has 0 aliphatic carbocycles. The van der Waals surface area contributed by atoms with Crippen LogP contribution in [0.2, 0.25) is 0 Å². The minimum atomic E-state index is -4.89. The molecule has 0 unspecified atom stereocenters. The monoisotopic (exact) mass is 296 g/mol. The Balaban J connectivity index is 0.000000327. The summed E-state index contributed by atoms with van der Waals surface area (Å²) in [5.41, 5.74) is 12.1. The fourth-order valence-electron chi connectivity index (χ4n) is 0.644. The fourth-order valence-corrected chi connectivity index (χ4v) is 1.71. The zero-order chi connectivity index (χ0) is 14.6. The summed E-state index contributed by atoms with van der Waals surface area (Å²) < 4.78 is 53.9. The summed E-state index contributed by atoms with van der Waals surface area (Å²) in [5, 5.41) is 0. The van der Waals surface area contributed by atoms with Gasteiger partial charge in [0.15, 0.2) is 0 Å². The van der Waals surface area contributed by atoms with Crippen LogP contribution in [-0.2, 0) is 20.2 Å². The standard InChI is InChI=1S/C6H8N2.C2H4O6S2/c7-5-3-1-2-4-6(5)8;1-2(9(3,4)5)10(6,7)8/h1-4H,7-8H2;1H2,(H,3,4,5)(H,6,7,8). The molecule has 0 amide bonds. The van der Waals surface area contributed by atoms with Crippen LogP contribution in [0.25, 0.3) is 0 Å². The van der Waals surface area contributed by atoms with Crippen LogP contribution in [0, 0.1) is 0 Å². The van der Waals surface area contributed by atoms with Crippen molar-refractivity contribution in [3.8, 4) is 0 Å². The normalized spacial score (nSPS) is 11.2. The zero-order valence-electron chi connectivity index (χ0n) is 9.02. The Morgan fingerprint density at radius 1 is 0.944 bits per heavy atom. The molecule has 8 nitrogen and oxygen atoms in total.